The standard InChI is InChI=1S/C29H24ClN7O2S/c1-4-40(38,39)23-13-10-21(11-14-23)31-28-33-27(30)34-29(35-28)32-22-12-15-24-19(3)26(16-9-20(24)17-22)37-36-25-8-6-5-7-18(25)2/h4-17H,1H2,2-3H3,(H2,31,32,33,34,35). The summed E-state index contributed by atoms with van der Waals surface area (Å²) in [6.07, 6.45) is 0. The Balaban J connectivity index is 1.35. The van der Waals surface area contributed by atoms with Gasteiger partial charge in [0, 0.05) is 16.8 Å². The third kappa shape index (κ3) is 5.98. The minimum atomic E-state index is -3.52. The van der Waals surface area contributed by atoms with E-state index in [1.54, 1.807) is 12.1 Å². The molecule has 4 aromatic carbocycles. The Morgan fingerprint density at radius 3 is 2.15 bits per heavy atom. The zero-order valence-corrected chi connectivity index (χ0v) is 23.2. The van der Waals surface area contributed by atoms with Gasteiger partial charge in [-0.3, -0.25) is 0 Å². The van der Waals surface area contributed by atoms with Crippen molar-refractivity contribution in [2.24, 2.45) is 10.2 Å². The first kappa shape index (κ1) is 26.9. The van der Waals surface area contributed by atoms with Crippen LogP contribution in [0.15, 0.2) is 106 Å². The average molecular weight is 570 g/mol. The van der Waals surface area contributed by atoms with Gasteiger partial charge < -0.3 is 10.6 Å². The fourth-order valence-electron chi connectivity index (χ4n) is 3.99. The van der Waals surface area contributed by atoms with Gasteiger partial charge in [-0.05, 0) is 95.9 Å². The van der Waals surface area contributed by atoms with Gasteiger partial charge in [0.05, 0.1) is 16.3 Å². The molecular formula is C29H24ClN7O2S. The van der Waals surface area contributed by atoms with Crippen molar-refractivity contribution in [3.8, 4) is 0 Å². The fourth-order valence-corrected chi connectivity index (χ4v) is 4.86. The van der Waals surface area contributed by atoms with E-state index in [-0.39, 0.29) is 22.1 Å². The molecule has 200 valence electrons. The van der Waals surface area contributed by atoms with Crippen LogP contribution in [0.4, 0.5) is 34.6 Å². The molecule has 11 heteroatoms. The van der Waals surface area contributed by atoms with Crippen molar-refractivity contribution in [1.29, 1.82) is 0 Å². The number of hydrogen-bond acceptors (Lipinski definition) is 9. The Labute approximate surface area is 236 Å². The summed E-state index contributed by atoms with van der Waals surface area (Å²) in [4.78, 5) is 12.8. The molecule has 1 aromatic heterocycles. The van der Waals surface area contributed by atoms with Crippen molar-refractivity contribution in [2.45, 2.75) is 18.7 Å². The van der Waals surface area contributed by atoms with Crippen molar-refractivity contribution in [3.63, 3.8) is 0 Å². The van der Waals surface area contributed by atoms with Crippen LogP contribution in [0, 0.1) is 13.8 Å². The highest BCUT2D eigenvalue weighted by Gasteiger charge is 2.11. The van der Waals surface area contributed by atoms with Crippen molar-refractivity contribution in [1.82, 2.24) is 15.0 Å². The molecule has 1 heterocycles. The van der Waals surface area contributed by atoms with Crippen molar-refractivity contribution in [2.75, 3.05) is 10.6 Å². The average Bonchev–Trinajstić information content (AvgIpc) is 2.93. The second-order valence-electron chi connectivity index (χ2n) is 8.87. The van der Waals surface area contributed by atoms with E-state index in [0.29, 0.717) is 5.69 Å². The smallest absolute Gasteiger partial charge is 0.233 e. The maximum Gasteiger partial charge on any atom is 0.233 e. The van der Waals surface area contributed by atoms with Crippen LogP contribution in [0.5, 0.6) is 0 Å². The summed E-state index contributed by atoms with van der Waals surface area (Å²) in [6, 6.07) is 23.8. The summed E-state index contributed by atoms with van der Waals surface area (Å²) in [6.45, 7) is 7.36. The Kier molecular flexibility index (Phi) is 7.54. The van der Waals surface area contributed by atoms with E-state index in [1.165, 1.54) is 12.1 Å². The lowest BCUT2D eigenvalue weighted by Crippen LogP contribution is -2.04. The van der Waals surface area contributed by atoms with Gasteiger partial charge in [-0.25, -0.2) is 8.42 Å². The first-order chi connectivity index (χ1) is 19.2. The Bertz CT molecular complexity index is 1870. The minimum Gasteiger partial charge on any atom is -0.324 e. The number of azo groups is 1. The van der Waals surface area contributed by atoms with E-state index in [0.717, 1.165) is 44.4 Å². The lowest BCUT2D eigenvalue weighted by molar-refractivity contribution is 0.604. The molecule has 0 bridgehead atoms. The number of sulfone groups is 1. The van der Waals surface area contributed by atoms with E-state index in [9.17, 15) is 8.42 Å². The summed E-state index contributed by atoms with van der Waals surface area (Å²) in [7, 11) is -3.52. The number of rotatable bonds is 8. The first-order valence-electron chi connectivity index (χ1n) is 12.2. The minimum absolute atomic E-state index is 0.00820. The van der Waals surface area contributed by atoms with Crippen LogP contribution >= 0.6 is 11.6 Å². The number of fused-ring (bicyclic) bond motifs is 1. The number of hydrogen-bond donors (Lipinski definition) is 2. The summed E-state index contributed by atoms with van der Waals surface area (Å²) < 4.78 is 23.9. The lowest BCUT2D eigenvalue weighted by Gasteiger charge is -2.11. The zero-order valence-electron chi connectivity index (χ0n) is 21.6. The molecule has 0 aliphatic rings. The van der Waals surface area contributed by atoms with Crippen LogP contribution in [0.2, 0.25) is 5.28 Å². The Hall–Kier alpha value is -4.67. The molecule has 0 amide bonds. The van der Waals surface area contributed by atoms with Gasteiger partial charge in [0.15, 0.2) is 9.84 Å². The molecule has 5 rings (SSSR count). The molecule has 0 radical (unpaired) electrons. The number of nitrogens with zero attached hydrogens (tertiary/aromatic N) is 5. The van der Waals surface area contributed by atoms with E-state index >= 15 is 0 Å². The molecule has 0 saturated carbocycles. The predicted molar refractivity (Wildman–Crippen MR) is 159 cm³/mol. The predicted octanol–water partition coefficient (Wildman–Crippen LogP) is 8.11. The molecule has 0 aliphatic heterocycles. The third-order valence-electron chi connectivity index (χ3n) is 6.16. The van der Waals surface area contributed by atoms with E-state index in [4.69, 9.17) is 11.6 Å². The van der Waals surface area contributed by atoms with E-state index < -0.39 is 9.84 Å². The van der Waals surface area contributed by atoms with Crippen molar-refractivity contribution in [3.05, 3.63) is 107 Å². The van der Waals surface area contributed by atoms with Crippen LogP contribution in [0.3, 0.4) is 0 Å². The summed E-state index contributed by atoms with van der Waals surface area (Å²) in [5.74, 6) is 0.440. The van der Waals surface area contributed by atoms with Gasteiger partial charge in [-0.2, -0.15) is 25.2 Å². The van der Waals surface area contributed by atoms with Gasteiger partial charge in [-0.1, -0.05) is 36.9 Å². The largest absolute Gasteiger partial charge is 0.324 e. The van der Waals surface area contributed by atoms with Crippen molar-refractivity contribution < 1.29 is 8.42 Å². The van der Waals surface area contributed by atoms with Gasteiger partial charge in [0.1, 0.15) is 0 Å². The molecule has 0 unspecified atom stereocenters. The highest BCUT2D eigenvalue weighted by atomic mass is 35.5. The highest BCUT2D eigenvalue weighted by molar-refractivity contribution is 7.94. The monoisotopic (exact) mass is 569 g/mol. The number of aromatic nitrogens is 3. The molecule has 5 aromatic rings. The quantitative estimate of drug-likeness (QED) is 0.181. The third-order valence-corrected chi connectivity index (χ3v) is 7.70. The van der Waals surface area contributed by atoms with Gasteiger partial charge in [0.2, 0.25) is 17.2 Å². The number of nitrogens with one attached hydrogen (secondary N) is 2. The SMILES string of the molecule is C=CS(=O)(=O)c1ccc(Nc2nc(Cl)nc(Nc3ccc4c(C)c(N=Nc5ccccc5C)ccc4c3)n2)cc1. The number of aryl methyl sites for hydroxylation is 2. The van der Waals surface area contributed by atoms with E-state index in [1.807, 2.05) is 68.4 Å². The van der Waals surface area contributed by atoms with Gasteiger partial charge >= 0.3 is 0 Å². The van der Waals surface area contributed by atoms with Crippen LogP contribution < -0.4 is 10.6 Å². The summed E-state index contributed by atoms with van der Waals surface area (Å²) in [5.41, 5.74) is 5.05. The Morgan fingerprint density at radius 2 is 1.45 bits per heavy atom. The topological polar surface area (TPSA) is 122 Å². The maximum atomic E-state index is 11.9. The molecule has 0 fully saturated rings. The molecular weight excluding hydrogens is 546 g/mol. The molecule has 0 saturated heterocycles. The molecule has 9 nitrogen and oxygen atoms in total. The molecule has 40 heavy (non-hydrogen) atoms. The van der Waals surface area contributed by atoms with Crippen LogP contribution in [-0.4, -0.2) is 23.4 Å². The van der Waals surface area contributed by atoms with Crippen LogP contribution in [0.25, 0.3) is 10.8 Å². The normalized spacial score (nSPS) is 11.6. The summed E-state index contributed by atoms with van der Waals surface area (Å²) in [5, 5.41) is 18.0. The summed E-state index contributed by atoms with van der Waals surface area (Å²) >= 11 is 6.15. The maximum absolute atomic E-state index is 11.9. The highest BCUT2D eigenvalue weighted by Crippen LogP contribution is 2.32. The fraction of sp³-hybridized carbons (Fsp3) is 0.0690. The number of halogens is 1. The van der Waals surface area contributed by atoms with Crippen LogP contribution in [0.1, 0.15) is 11.1 Å². The molecule has 0 spiro atoms. The Morgan fingerprint density at radius 1 is 0.800 bits per heavy atom. The van der Waals surface area contributed by atoms with Crippen molar-refractivity contribution >= 4 is 66.9 Å². The first-order valence-corrected chi connectivity index (χ1v) is 14.1. The second kappa shape index (κ2) is 11.2. The lowest BCUT2D eigenvalue weighted by atomic mass is 10.0. The zero-order chi connectivity index (χ0) is 28.3. The number of benzene rings is 4. The van der Waals surface area contributed by atoms with Gasteiger partial charge in [-0.15, -0.1) is 0 Å². The van der Waals surface area contributed by atoms with E-state index in [2.05, 4.69) is 42.4 Å². The van der Waals surface area contributed by atoms with Crippen LogP contribution in [-0.2, 0) is 9.84 Å². The van der Waals surface area contributed by atoms with Gasteiger partial charge in [0.25, 0.3) is 0 Å². The second-order valence-corrected chi connectivity index (χ2v) is 11.1. The molecule has 0 aliphatic carbocycles. The molecule has 2 N–H and O–H groups in total. The number of anilines is 4. The molecule has 0 atom stereocenters.